The number of carbonyl (C=O) groups is 3. The molecule has 1 aromatic carbocycles. The smallest absolute Gasteiger partial charge is 0.325 e. The fourth-order valence-electron chi connectivity index (χ4n) is 2.59. The molecule has 0 saturated carbocycles. The molecule has 1 heterocycles. The molecule has 0 spiro atoms. The Morgan fingerprint density at radius 1 is 1.30 bits per heavy atom. The Labute approximate surface area is 135 Å². The van der Waals surface area contributed by atoms with Gasteiger partial charge in [0.1, 0.15) is 17.8 Å². The molecule has 0 unspecified atom stereocenters. The second kappa shape index (κ2) is 6.68. The quantitative estimate of drug-likeness (QED) is 0.782. The van der Waals surface area contributed by atoms with Gasteiger partial charge in [0.2, 0.25) is 5.91 Å². The molecule has 0 atom stereocenters. The Balaban J connectivity index is 2.05. The minimum Gasteiger partial charge on any atom is -0.497 e. The third kappa shape index (κ3) is 3.28. The highest BCUT2D eigenvalue weighted by molar-refractivity contribution is 6.10. The van der Waals surface area contributed by atoms with Gasteiger partial charge in [-0.1, -0.05) is 19.9 Å². The van der Waals surface area contributed by atoms with Gasteiger partial charge in [-0.3, -0.25) is 14.5 Å². The molecule has 0 aromatic heterocycles. The first-order valence-corrected chi connectivity index (χ1v) is 7.53. The number of amides is 4. The maximum atomic E-state index is 12.4. The molecule has 1 saturated heterocycles. The predicted molar refractivity (Wildman–Crippen MR) is 85.2 cm³/mol. The number of nitrogens with zero attached hydrogens (tertiary/aromatic N) is 1. The Kier molecular flexibility index (Phi) is 4.88. The van der Waals surface area contributed by atoms with E-state index in [-0.39, 0.29) is 12.5 Å². The summed E-state index contributed by atoms with van der Waals surface area (Å²) in [5.74, 6) is -0.188. The Morgan fingerprint density at radius 3 is 2.57 bits per heavy atom. The van der Waals surface area contributed by atoms with Crippen molar-refractivity contribution < 1.29 is 19.1 Å². The second-order valence-corrected chi connectivity index (χ2v) is 5.39. The van der Waals surface area contributed by atoms with E-state index < -0.39 is 17.5 Å². The summed E-state index contributed by atoms with van der Waals surface area (Å²) in [5.41, 5.74) is -0.355. The molecule has 0 aliphatic carbocycles. The van der Waals surface area contributed by atoms with Crippen molar-refractivity contribution in [2.24, 2.45) is 0 Å². The van der Waals surface area contributed by atoms with Crippen LogP contribution in [0, 0.1) is 0 Å². The van der Waals surface area contributed by atoms with Crippen molar-refractivity contribution in [3.63, 3.8) is 0 Å². The SMILES string of the molecule is CCC1(CC)NC(=O)N(CC(=O)Nc2cccc(OC)c2)C1=O. The summed E-state index contributed by atoms with van der Waals surface area (Å²) in [5, 5.41) is 5.35. The summed E-state index contributed by atoms with van der Waals surface area (Å²) in [4.78, 5) is 37.5. The van der Waals surface area contributed by atoms with Crippen molar-refractivity contribution in [1.82, 2.24) is 10.2 Å². The van der Waals surface area contributed by atoms with Gasteiger partial charge in [-0.25, -0.2) is 4.79 Å². The molecule has 1 aliphatic heterocycles. The second-order valence-electron chi connectivity index (χ2n) is 5.39. The van der Waals surface area contributed by atoms with Gasteiger partial charge in [-0.2, -0.15) is 0 Å². The number of nitrogens with one attached hydrogen (secondary N) is 2. The van der Waals surface area contributed by atoms with Gasteiger partial charge in [-0.05, 0) is 25.0 Å². The lowest BCUT2D eigenvalue weighted by Crippen LogP contribution is -2.46. The van der Waals surface area contributed by atoms with Crippen LogP contribution in [0.1, 0.15) is 26.7 Å². The number of rotatable bonds is 6. The van der Waals surface area contributed by atoms with Gasteiger partial charge in [0.15, 0.2) is 0 Å². The van der Waals surface area contributed by atoms with E-state index in [0.717, 1.165) is 4.90 Å². The monoisotopic (exact) mass is 319 g/mol. The van der Waals surface area contributed by atoms with Gasteiger partial charge in [0.25, 0.3) is 5.91 Å². The molecule has 4 amide bonds. The third-order valence-electron chi connectivity index (χ3n) is 4.11. The Hall–Kier alpha value is -2.57. The lowest BCUT2D eigenvalue weighted by atomic mass is 9.93. The zero-order valence-electron chi connectivity index (χ0n) is 13.5. The van der Waals surface area contributed by atoms with E-state index in [0.29, 0.717) is 24.3 Å². The van der Waals surface area contributed by atoms with Gasteiger partial charge in [0.05, 0.1) is 7.11 Å². The van der Waals surface area contributed by atoms with E-state index in [4.69, 9.17) is 4.74 Å². The van der Waals surface area contributed by atoms with Crippen LogP contribution in [0.2, 0.25) is 0 Å². The van der Waals surface area contributed by atoms with Crippen molar-refractivity contribution in [2.75, 3.05) is 19.0 Å². The average molecular weight is 319 g/mol. The van der Waals surface area contributed by atoms with E-state index in [9.17, 15) is 14.4 Å². The van der Waals surface area contributed by atoms with Crippen LogP contribution in [0.25, 0.3) is 0 Å². The van der Waals surface area contributed by atoms with Crippen molar-refractivity contribution in [2.45, 2.75) is 32.2 Å². The molecule has 2 rings (SSSR count). The zero-order valence-corrected chi connectivity index (χ0v) is 13.5. The van der Waals surface area contributed by atoms with Gasteiger partial charge in [-0.15, -0.1) is 0 Å². The van der Waals surface area contributed by atoms with Crippen LogP contribution in [0.15, 0.2) is 24.3 Å². The molecular weight excluding hydrogens is 298 g/mol. The van der Waals surface area contributed by atoms with Crippen molar-refractivity contribution >= 4 is 23.5 Å². The predicted octanol–water partition coefficient (Wildman–Crippen LogP) is 1.74. The van der Waals surface area contributed by atoms with E-state index >= 15 is 0 Å². The van der Waals surface area contributed by atoms with Crippen molar-refractivity contribution in [1.29, 1.82) is 0 Å². The standard InChI is InChI=1S/C16H21N3O4/c1-4-16(5-2)14(21)19(15(22)18-16)10-13(20)17-11-7-6-8-12(9-11)23-3/h6-9H,4-5,10H2,1-3H3,(H,17,20)(H,18,22). The number of methoxy groups -OCH3 is 1. The van der Waals surface area contributed by atoms with Crippen molar-refractivity contribution in [3.05, 3.63) is 24.3 Å². The highest BCUT2D eigenvalue weighted by atomic mass is 16.5. The summed E-state index contributed by atoms with van der Waals surface area (Å²) in [7, 11) is 1.53. The maximum Gasteiger partial charge on any atom is 0.325 e. The van der Waals surface area contributed by atoms with Crippen LogP contribution in [-0.4, -0.2) is 41.9 Å². The number of carbonyl (C=O) groups excluding carboxylic acids is 3. The Bertz CT molecular complexity index is 626. The molecule has 7 heteroatoms. The minimum absolute atomic E-state index is 0.316. The fraction of sp³-hybridized carbons (Fsp3) is 0.438. The summed E-state index contributed by atoms with van der Waals surface area (Å²) < 4.78 is 5.08. The first-order chi connectivity index (χ1) is 11.0. The topological polar surface area (TPSA) is 87.7 Å². The minimum atomic E-state index is -0.896. The normalized spacial score (nSPS) is 16.2. The van der Waals surface area contributed by atoms with Crippen molar-refractivity contribution in [3.8, 4) is 5.75 Å². The number of ether oxygens (including phenoxy) is 1. The molecule has 124 valence electrons. The van der Waals surface area contributed by atoms with Crippen LogP contribution < -0.4 is 15.4 Å². The summed E-state index contributed by atoms with van der Waals surface area (Å²) >= 11 is 0. The lowest BCUT2D eigenvalue weighted by Gasteiger charge is -2.23. The number of anilines is 1. The first kappa shape index (κ1) is 16.8. The van der Waals surface area contributed by atoms with Gasteiger partial charge in [0, 0.05) is 11.8 Å². The number of hydrogen-bond acceptors (Lipinski definition) is 4. The highest BCUT2D eigenvalue weighted by Crippen LogP contribution is 2.25. The van der Waals surface area contributed by atoms with E-state index in [1.54, 1.807) is 24.3 Å². The summed E-state index contributed by atoms with van der Waals surface area (Å²) in [6.45, 7) is 3.35. The highest BCUT2D eigenvalue weighted by Gasteiger charge is 2.49. The summed E-state index contributed by atoms with van der Waals surface area (Å²) in [6, 6.07) is 6.33. The maximum absolute atomic E-state index is 12.4. The van der Waals surface area contributed by atoms with Crippen LogP contribution in [0.4, 0.5) is 10.5 Å². The van der Waals surface area contributed by atoms with E-state index in [2.05, 4.69) is 10.6 Å². The largest absolute Gasteiger partial charge is 0.497 e. The number of hydrogen-bond donors (Lipinski definition) is 2. The molecule has 1 aromatic rings. The van der Waals surface area contributed by atoms with Gasteiger partial charge < -0.3 is 15.4 Å². The van der Waals surface area contributed by atoms with E-state index in [1.807, 2.05) is 13.8 Å². The van der Waals surface area contributed by atoms with Crippen LogP contribution >= 0.6 is 0 Å². The molecule has 7 nitrogen and oxygen atoms in total. The molecule has 1 fully saturated rings. The molecule has 23 heavy (non-hydrogen) atoms. The molecule has 2 N–H and O–H groups in total. The van der Waals surface area contributed by atoms with Crippen LogP contribution in [-0.2, 0) is 9.59 Å². The molecule has 0 bridgehead atoms. The Morgan fingerprint density at radius 2 is 2.00 bits per heavy atom. The zero-order chi connectivity index (χ0) is 17.0. The average Bonchev–Trinajstić information content (AvgIpc) is 2.79. The number of urea groups is 1. The molecule has 1 aliphatic rings. The van der Waals surface area contributed by atoms with Gasteiger partial charge >= 0.3 is 6.03 Å². The number of imide groups is 1. The molecule has 0 radical (unpaired) electrons. The molecular formula is C16H21N3O4. The van der Waals surface area contributed by atoms with E-state index in [1.165, 1.54) is 7.11 Å². The summed E-state index contributed by atoms with van der Waals surface area (Å²) in [6.07, 6.45) is 0.976. The third-order valence-corrected chi connectivity index (χ3v) is 4.11. The van der Waals surface area contributed by atoms with Crippen LogP contribution in [0.5, 0.6) is 5.75 Å². The fourth-order valence-corrected chi connectivity index (χ4v) is 2.59. The van der Waals surface area contributed by atoms with Crippen LogP contribution in [0.3, 0.4) is 0 Å². The number of benzene rings is 1. The lowest BCUT2D eigenvalue weighted by molar-refractivity contribution is -0.134. The first-order valence-electron chi connectivity index (χ1n) is 7.53.